The average Bonchev–Trinajstić information content (AvgIpc) is 3.29. The first-order chi connectivity index (χ1) is 18.3. The van der Waals surface area contributed by atoms with Crippen LogP contribution in [0.5, 0.6) is 0 Å². The minimum Gasteiger partial charge on any atom is -0.458 e. The van der Waals surface area contributed by atoms with Crippen molar-refractivity contribution in [3.63, 3.8) is 0 Å². The van der Waals surface area contributed by atoms with Crippen LogP contribution in [-0.4, -0.2) is 76.3 Å². The first-order valence-corrected chi connectivity index (χ1v) is 13.2. The number of esters is 3. The first kappa shape index (κ1) is 30.4. The molecule has 1 aromatic heterocycles. The zero-order chi connectivity index (χ0) is 28.9. The molecule has 2 aliphatic heterocycles. The third-order valence-electron chi connectivity index (χ3n) is 5.57. The van der Waals surface area contributed by atoms with E-state index < -0.39 is 93.0 Å². The minimum atomic E-state index is -4.76. The smallest absolute Gasteiger partial charge is 0.458 e. The highest BCUT2D eigenvalue weighted by atomic mass is 31.2. The molecule has 0 saturated carbocycles. The molecule has 3 rings (SSSR count). The van der Waals surface area contributed by atoms with Crippen molar-refractivity contribution >= 4 is 25.7 Å². The van der Waals surface area contributed by atoms with Crippen LogP contribution in [0.1, 0.15) is 33.9 Å². The second kappa shape index (κ2) is 12.8. The van der Waals surface area contributed by atoms with Crippen LogP contribution in [-0.2, 0) is 51.7 Å². The Kier molecular flexibility index (Phi) is 9.98. The molecule has 0 amide bonds. The van der Waals surface area contributed by atoms with Gasteiger partial charge in [0.05, 0.1) is 19.1 Å². The molecule has 216 valence electrons. The van der Waals surface area contributed by atoms with Crippen molar-refractivity contribution in [2.24, 2.45) is 5.92 Å². The largest absolute Gasteiger partial charge is 0.472 e. The number of hydrogen-bond donors (Lipinski definition) is 2. The number of aromatic nitrogens is 2. The summed E-state index contributed by atoms with van der Waals surface area (Å²) >= 11 is 0. The quantitative estimate of drug-likeness (QED) is 0.162. The summed E-state index contributed by atoms with van der Waals surface area (Å²) in [6, 6.07) is 1.13. The van der Waals surface area contributed by atoms with Crippen LogP contribution in [0, 0.1) is 5.92 Å². The SMILES string of the molecule is CC(=O)OC1OC(COP(=O)(O)OC[C@@H]2C=C[C@H](n3ccc(=O)[nH]c3=O)O2)C(OC(C)=O)C(OC(C)=O)C1C. The third kappa shape index (κ3) is 8.42. The number of aromatic amines is 1. The van der Waals surface area contributed by atoms with E-state index in [4.69, 9.17) is 32.7 Å². The van der Waals surface area contributed by atoms with Gasteiger partial charge in [-0.05, 0) is 6.08 Å². The molecule has 0 bridgehead atoms. The molecule has 0 aliphatic carbocycles. The Hall–Kier alpha value is -3.14. The van der Waals surface area contributed by atoms with Crippen molar-refractivity contribution in [2.75, 3.05) is 13.2 Å². The van der Waals surface area contributed by atoms with Crippen molar-refractivity contribution in [2.45, 2.75) is 64.6 Å². The molecule has 0 spiro atoms. The van der Waals surface area contributed by atoms with Gasteiger partial charge in [-0.25, -0.2) is 9.36 Å². The summed E-state index contributed by atoms with van der Waals surface area (Å²) in [5.74, 6) is -2.95. The molecule has 3 heterocycles. The number of carbonyl (C=O) groups excluding carboxylic acids is 3. The van der Waals surface area contributed by atoms with Crippen molar-refractivity contribution < 1.29 is 56.6 Å². The van der Waals surface area contributed by atoms with Crippen LogP contribution in [0.2, 0.25) is 0 Å². The minimum absolute atomic E-state index is 0.457. The Labute approximate surface area is 221 Å². The second-order valence-electron chi connectivity index (χ2n) is 8.69. The number of hydrogen-bond acceptors (Lipinski definition) is 13. The number of phosphoric ester groups is 1. The van der Waals surface area contributed by atoms with Gasteiger partial charge < -0.3 is 28.6 Å². The van der Waals surface area contributed by atoms with Crippen LogP contribution in [0.15, 0.2) is 34.0 Å². The molecule has 2 aliphatic rings. The molecule has 2 N–H and O–H groups in total. The highest BCUT2D eigenvalue weighted by Crippen LogP contribution is 2.45. The van der Waals surface area contributed by atoms with Crippen LogP contribution in [0.3, 0.4) is 0 Å². The van der Waals surface area contributed by atoms with E-state index in [2.05, 4.69) is 4.98 Å². The monoisotopic (exact) mass is 576 g/mol. The van der Waals surface area contributed by atoms with Crippen LogP contribution >= 0.6 is 7.82 Å². The summed E-state index contributed by atoms with van der Waals surface area (Å²) in [4.78, 5) is 70.4. The molecule has 1 fully saturated rings. The summed E-state index contributed by atoms with van der Waals surface area (Å²) < 4.78 is 50.6. The van der Waals surface area contributed by atoms with Crippen LogP contribution in [0.25, 0.3) is 0 Å². The van der Waals surface area contributed by atoms with E-state index in [-0.39, 0.29) is 0 Å². The van der Waals surface area contributed by atoms with E-state index in [0.29, 0.717) is 0 Å². The summed E-state index contributed by atoms with van der Waals surface area (Å²) in [5.41, 5.74) is -1.29. The van der Waals surface area contributed by atoms with Gasteiger partial charge in [-0.3, -0.25) is 37.8 Å². The maximum absolute atomic E-state index is 12.6. The molecular formula is C22H29N2O14P. The lowest BCUT2D eigenvalue weighted by Gasteiger charge is -2.43. The maximum atomic E-state index is 12.6. The Morgan fingerprint density at radius 1 is 0.974 bits per heavy atom. The van der Waals surface area contributed by atoms with E-state index in [1.54, 1.807) is 6.92 Å². The molecule has 39 heavy (non-hydrogen) atoms. The number of rotatable bonds is 10. The lowest BCUT2D eigenvalue weighted by atomic mass is 9.92. The molecule has 8 atom stereocenters. The van der Waals surface area contributed by atoms with Gasteiger partial charge >= 0.3 is 31.4 Å². The molecule has 6 unspecified atom stereocenters. The Bertz CT molecular complexity index is 1260. The molecule has 1 aromatic rings. The number of phosphoric acid groups is 1. The first-order valence-electron chi connectivity index (χ1n) is 11.7. The molecular weight excluding hydrogens is 547 g/mol. The summed E-state index contributed by atoms with van der Waals surface area (Å²) in [5, 5.41) is 0. The van der Waals surface area contributed by atoms with Gasteiger partial charge in [-0.15, -0.1) is 0 Å². The second-order valence-corrected chi connectivity index (χ2v) is 10.1. The fourth-order valence-corrected chi connectivity index (χ4v) is 4.66. The van der Waals surface area contributed by atoms with Gasteiger partial charge in [0.25, 0.3) is 5.56 Å². The van der Waals surface area contributed by atoms with Gasteiger partial charge in [0.15, 0.2) is 12.3 Å². The van der Waals surface area contributed by atoms with Crippen molar-refractivity contribution in [1.29, 1.82) is 0 Å². The van der Waals surface area contributed by atoms with Crippen LogP contribution in [0.4, 0.5) is 0 Å². The van der Waals surface area contributed by atoms with Gasteiger partial charge in [0.2, 0.25) is 6.29 Å². The van der Waals surface area contributed by atoms with Crippen molar-refractivity contribution in [3.8, 4) is 0 Å². The summed E-state index contributed by atoms with van der Waals surface area (Å²) in [6.07, 6.45) is -2.50. The van der Waals surface area contributed by atoms with Crippen molar-refractivity contribution in [1.82, 2.24) is 9.55 Å². The molecule has 1 saturated heterocycles. The Morgan fingerprint density at radius 2 is 1.59 bits per heavy atom. The van der Waals surface area contributed by atoms with Crippen LogP contribution < -0.4 is 11.2 Å². The van der Waals surface area contributed by atoms with Crippen molar-refractivity contribution in [3.05, 3.63) is 45.3 Å². The molecule has 0 aromatic carbocycles. The topological polar surface area (TPSA) is 208 Å². The standard InChI is InChI=1S/C22H29N2O14P/c1-11-19(34-12(2)25)20(35-13(3)26)16(38-21(11)36-14(4)27)10-33-39(30,31)32-9-15-5-6-18(37-15)24-8-7-17(28)23-22(24)29/h5-8,11,15-16,18-21H,9-10H2,1-4H3,(H,30,31)(H,23,28,29)/t11?,15-,16?,18+,19?,20?,21?/m0/s1. The van der Waals surface area contributed by atoms with E-state index in [1.807, 2.05) is 0 Å². The number of ether oxygens (including phenoxy) is 5. The van der Waals surface area contributed by atoms with E-state index in [9.17, 15) is 33.4 Å². The number of nitrogens with one attached hydrogen (secondary N) is 1. The predicted molar refractivity (Wildman–Crippen MR) is 127 cm³/mol. The normalized spacial score (nSPS) is 29.8. The maximum Gasteiger partial charge on any atom is 0.472 e. The highest BCUT2D eigenvalue weighted by Gasteiger charge is 2.50. The number of carbonyl (C=O) groups is 3. The van der Waals surface area contributed by atoms with E-state index >= 15 is 0 Å². The van der Waals surface area contributed by atoms with Gasteiger partial charge in [-0.2, -0.15) is 0 Å². The molecule has 0 radical (unpaired) electrons. The lowest BCUT2D eigenvalue weighted by molar-refractivity contribution is -0.279. The number of nitrogens with zero attached hydrogens (tertiary/aromatic N) is 1. The number of H-pyrrole nitrogens is 1. The average molecular weight is 576 g/mol. The fraction of sp³-hybridized carbons (Fsp3) is 0.591. The molecule has 16 nitrogen and oxygen atoms in total. The summed E-state index contributed by atoms with van der Waals surface area (Å²) in [6.45, 7) is 3.76. The third-order valence-corrected chi connectivity index (χ3v) is 6.52. The Balaban J connectivity index is 1.64. The van der Waals surface area contributed by atoms with E-state index in [0.717, 1.165) is 31.4 Å². The van der Waals surface area contributed by atoms with Gasteiger partial charge in [0.1, 0.15) is 18.3 Å². The van der Waals surface area contributed by atoms with E-state index in [1.165, 1.54) is 18.3 Å². The fourth-order valence-electron chi connectivity index (χ4n) is 3.91. The predicted octanol–water partition coefficient (Wildman–Crippen LogP) is -0.0887. The molecule has 17 heteroatoms. The summed E-state index contributed by atoms with van der Waals surface area (Å²) in [7, 11) is -4.76. The zero-order valence-corrected chi connectivity index (χ0v) is 22.3. The zero-order valence-electron chi connectivity index (χ0n) is 21.4. The highest BCUT2D eigenvalue weighted by molar-refractivity contribution is 7.47. The lowest BCUT2D eigenvalue weighted by Crippen LogP contribution is -2.58. The van der Waals surface area contributed by atoms with Gasteiger partial charge in [0, 0.05) is 33.0 Å². The Morgan fingerprint density at radius 3 is 2.21 bits per heavy atom. The van der Waals surface area contributed by atoms with Gasteiger partial charge in [-0.1, -0.05) is 13.0 Å².